The lowest BCUT2D eigenvalue weighted by atomic mass is 9.67. The summed E-state index contributed by atoms with van der Waals surface area (Å²) < 4.78 is 168. The monoisotopic (exact) mass is 514 g/mol. The zero-order valence-electron chi connectivity index (χ0n) is 15.9. The molecule has 3 aliphatic rings. The van der Waals surface area contributed by atoms with Gasteiger partial charge in [-0.1, -0.05) is 0 Å². The van der Waals surface area contributed by atoms with E-state index in [2.05, 4.69) is 0 Å². The summed E-state index contributed by atoms with van der Waals surface area (Å²) in [5, 5.41) is 27.1. The van der Waals surface area contributed by atoms with Crippen molar-refractivity contribution in [2.24, 2.45) is 23.7 Å². The summed E-state index contributed by atoms with van der Waals surface area (Å²) in [4.78, 5) is 0. The van der Waals surface area contributed by atoms with E-state index in [1.807, 2.05) is 0 Å². The molecule has 0 radical (unpaired) electrons. The summed E-state index contributed by atoms with van der Waals surface area (Å²) in [6.45, 7) is 0. The fraction of sp³-hybridized carbons (Fsp3) is 0.368. The van der Waals surface area contributed by atoms with Crippen LogP contribution in [0.4, 0.5) is 52.7 Å². The Kier molecular flexibility index (Phi) is 6.15. The third-order valence-electron chi connectivity index (χ3n) is 5.55. The van der Waals surface area contributed by atoms with E-state index in [0.29, 0.717) is 0 Å². The number of halogens is 12. The molecule has 0 saturated carbocycles. The van der Waals surface area contributed by atoms with E-state index in [0.717, 1.165) is 0 Å². The van der Waals surface area contributed by atoms with Crippen molar-refractivity contribution in [3.05, 3.63) is 70.7 Å². The Balaban J connectivity index is 2.31. The fourth-order valence-electron chi connectivity index (χ4n) is 3.76. The highest BCUT2D eigenvalue weighted by molar-refractivity contribution is 5.40. The van der Waals surface area contributed by atoms with Gasteiger partial charge in [0.05, 0.1) is 0 Å². The van der Waals surface area contributed by atoms with E-state index in [1.54, 1.807) is 0 Å². The first-order chi connectivity index (χ1) is 15.4. The van der Waals surface area contributed by atoms with Crippen LogP contribution >= 0.6 is 0 Å². The van der Waals surface area contributed by atoms with Crippen LogP contribution in [-0.2, 0) is 0 Å². The van der Waals surface area contributed by atoms with Gasteiger partial charge in [-0.3, -0.25) is 0 Å². The van der Waals surface area contributed by atoms with Crippen LogP contribution in [0.5, 0.6) is 0 Å². The van der Waals surface area contributed by atoms with Crippen LogP contribution in [0.3, 0.4) is 0 Å². The molecule has 15 heteroatoms. The van der Waals surface area contributed by atoms with Crippen molar-refractivity contribution in [3.63, 3.8) is 0 Å². The quantitative estimate of drug-likeness (QED) is 0.438. The van der Waals surface area contributed by atoms with Gasteiger partial charge < -0.3 is 15.3 Å². The van der Waals surface area contributed by atoms with Gasteiger partial charge in [0, 0.05) is 17.8 Å². The zero-order chi connectivity index (χ0) is 26.1. The topological polar surface area (TPSA) is 60.7 Å². The molecule has 34 heavy (non-hydrogen) atoms. The molecule has 0 saturated heterocycles. The van der Waals surface area contributed by atoms with E-state index in [1.165, 1.54) is 0 Å². The first-order valence-electron chi connectivity index (χ1n) is 8.92. The van der Waals surface area contributed by atoms with Crippen molar-refractivity contribution in [3.8, 4) is 0 Å². The minimum Gasteiger partial charge on any atom is -0.351 e. The van der Waals surface area contributed by atoms with E-state index in [9.17, 15) is 52.7 Å². The number of allylic oxidation sites excluding steroid dienone is 6. The minimum absolute atomic E-state index is 0.399. The van der Waals surface area contributed by atoms with E-state index in [4.69, 9.17) is 15.3 Å². The smallest absolute Gasteiger partial charge is 0.314 e. The van der Waals surface area contributed by atoms with Crippen LogP contribution in [0.1, 0.15) is 0 Å². The molecule has 3 aliphatic carbocycles. The van der Waals surface area contributed by atoms with E-state index in [-0.39, 0.29) is 0 Å². The van der Waals surface area contributed by atoms with Crippen LogP contribution in [0.2, 0.25) is 0 Å². The Labute approximate surface area is 181 Å². The molecule has 3 rings (SSSR count). The zero-order valence-corrected chi connectivity index (χ0v) is 15.9. The summed E-state index contributed by atoms with van der Waals surface area (Å²) in [5.41, 5.74) is 0. The summed E-state index contributed by atoms with van der Waals surface area (Å²) >= 11 is 0. The molecular weight excluding hydrogens is 504 g/mol. The molecule has 0 bridgehead atoms. The molecule has 0 aromatic heterocycles. The standard InChI is InChI=1S/C19H10F12O3/c20-7-1-4(11(23)14(26)17(7,29)32)10(5-2-8(21)18(30,33)15(27)12(5)24)6-3-9(22)19(31,34)16(28)13(6)25/h1-6,10,32-34H. The predicted molar refractivity (Wildman–Crippen MR) is 87.4 cm³/mol. The molecule has 6 unspecified atom stereocenters. The lowest BCUT2D eigenvalue weighted by Crippen LogP contribution is -2.41. The van der Waals surface area contributed by atoms with E-state index >= 15 is 0 Å². The van der Waals surface area contributed by atoms with E-state index < -0.39 is 112 Å². The van der Waals surface area contributed by atoms with Crippen molar-refractivity contribution in [2.45, 2.75) is 17.6 Å². The normalized spacial score (nSPS) is 40.3. The maximum Gasteiger partial charge on any atom is 0.314 e. The molecule has 0 heterocycles. The van der Waals surface area contributed by atoms with Gasteiger partial charge in [0.1, 0.15) is 17.5 Å². The van der Waals surface area contributed by atoms with Gasteiger partial charge in [0.15, 0.2) is 17.5 Å². The first-order valence-corrected chi connectivity index (χ1v) is 8.92. The SMILES string of the molecule is OC1(F)C(F)=CC(C(C2C=C(F)C(O)(F)C(F)=C2F)C2C=C(F)C(O)(F)C(F)=C2F)C(F)=C1F. The van der Waals surface area contributed by atoms with Crippen LogP contribution in [0, 0.1) is 23.7 Å². The molecule has 0 aromatic rings. The lowest BCUT2D eigenvalue weighted by Gasteiger charge is -2.39. The third-order valence-corrected chi connectivity index (χ3v) is 5.55. The predicted octanol–water partition coefficient (Wildman–Crippen LogP) is 5.48. The highest BCUT2D eigenvalue weighted by Crippen LogP contribution is 2.55. The van der Waals surface area contributed by atoms with Gasteiger partial charge in [-0.05, 0) is 24.1 Å². The average Bonchev–Trinajstić information content (AvgIpc) is 2.75. The lowest BCUT2D eigenvalue weighted by molar-refractivity contribution is -0.0669. The summed E-state index contributed by atoms with van der Waals surface area (Å²) in [6, 6.07) is 0. The maximum atomic E-state index is 14.6. The molecule has 0 spiro atoms. The second-order valence-electron chi connectivity index (χ2n) is 7.55. The van der Waals surface area contributed by atoms with Gasteiger partial charge in [0.2, 0.25) is 17.5 Å². The van der Waals surface area contributed by atoms with Gasteiger partial charge >= 0.3 is 17.6 Å². The van der Waals surface area contributed by atoms with Crippen LogP contribution in [-0.4, -0.2) is 32.9 Å². The highest BCUT2D eigenvalue weighted by Gasteiger charge is 2.56. The number of rotatable bonds is 3. The van der Waals surface area contributed by atoms with Crippen LogP contribution in [0.25, 0.3) is 0 Å². The summed E-state index contributed by atoms with van der Waals surface area (Å²) in [6.07, 6.45) is -1.20. The Hall–Kier alpha value is -2.52. The summed E-state index contributed by atoms with van der Waals surface area (Å²) in [5.74, 6) is -50.2. The van der Waals surface area contributed by atoms with Crippen LogP contribution in [0.15, 0.2) is 70.7 Å². The minimum atomic E-state index is -4.75. The first kappa shape index (κ1) is 26.1. The molecule has 3 N–H and O–H groups in total. The molecular formula is C19H10F12O3. The summed E-state index contributed by atoms with van der Waals surface area (Å²) in [7, 11) is 0. The maximum absolute atomic E-state index is 14.6. The van der Waals surface area contributed by atoms with Gasteiger partial charge in [-0.15, -0.1) is 0 Å². The molecule has 0 amide bonds. The fourth-order valence-corrected chi connectivity index (χ4v) is 3.76. The molecule has 188 valence electrons. The number of hydrogen-bond donors (Lipinski definition) is 3. The largest absolute Gasteiger partial charge is 0.351 e. The van der Waals surface area contributed by atoms with Gasteiger partial charge in [-0.25, -0.2) is 39.5 Å². The van der Waals surface area contributed by atoms with Gasteiger partial charge in [-0.2, -0.15) is 13.2 Å². The van der Waals surface area contributed by atoms with Crippen molar-refractivity contribution in [2.75, 3.05) is 0 Å². The number of aliphatic hydroxyl groups is 3. The number of hydrogen-bond acceptors (Lipinski definition) is 3. The van der Waals surface area contributed by atoms with Crippen molar-refractivity contribution in [1.29, 1.82) is 0 Å². The Morgan fingerprint density at radius 1 is 0.500 bits per heavy atom. The Morgan fingerprint density at radius 3 is 0.912 bits per heavy atom. The molecule has 3 nitrogen and oxygen atoms in total. The van der Waals surface area contributed by atoms with Gasteiger partial charge in [0.25, 0.3) is 0 Å². The number of alkyl halides is 3. The molecule has 0 fully saturated rings. The average molecular weight is 514 g/mol. The Bertz CT molecular complexity index is 974. The highest BCUT2D eigenvalue weighted by atomic mass is 19.2. The van der Waals surface area contributed by atoms with Crippen molar-refractivity contribution >= 4 is 0 Å². The molecule has 0 aliphatic heterocycles. The van der Waals surface area contributed by atoms with Crippen LogP contribution < -0.4 is 0 Å². The molecule has 6 atom stereocenters. The second kappa shape index (κ2) is 8.02. The van der Waals surface area contributed by atoms with Crippen molar-refractivity contribution < 1.29 is 68.0 Å². The van der Waals surface area contributed by atoms with Crippen molar-refractivity contribution in [1.82, 2.24) is 0 Å². The molecule has 0 aromatic carbocycles. The third kappa shape index (κ3) is 3.60. The second-order valence-corrected chi connectivity index (χ2v) is 7.55. The Morgan fingerprint density at radius 2 is 0.706 bits per heavy atom.